The molecule has 0 bridgehead atoms. The number of rotatable bonds is 2. The van der Waals surface area contributed by atoms with Gasteiger partial charge in [-0.05, 0) is 12.0 Å². The molecule has 1 unspecified atom stereocenters. The van der Waals surface area contributed by atoms with E-state index in [0.29, 0.717) is 12.2 Å². The van der Waals surface area contributed by atoms with Crippen molar-refractivity contribution in [3.05, 3.63) is 48.2 Å². The fourth-order valence-corrected chi connectivity index (χ4v) is 1.68. The van der Waals surface area contributed by atoms with Gasteiger partial charge in [0.1, 0.15) is 5.76 Å². The average molecular weight is 188 g/mol. The Balaban J connectivity index is 2.05. The molecule has 2 heteroatoms. The van der Waals surface area contributed by atoms with Crippen LogP contribution in [0.2, 0.25) is 0 Å². The number of hydrogen-bond donors (Lipinski definition) is 0. The van der Waals surface area contributed by atoms with Crippen LogP contribution in [0, 0.1) is 5.92 Å². The number of carbonyl (C=O) groups is 1. The Kier molecular flexibility index (Phi) is 2.35. The smallest absolute Gasteiger partial charge is 0.314 e. The first-order chi connectivity index (χ1) is 6.75. The number of allylic oxidation sites excluding steroid dienone is 1. The van der Waals surface area contributed by atoms with E-state index >= 15 is 0 Å². The molecule has 1 aliphatic rings. The van der Waals surface area contributed by atoms with Crippen LogP contribution in [0.1, 0.15) is 12.0 Å². The zero-order valence-electron chi connectivity index (χ0n) is 7.90. The third kappa shape index (κ3) is 1.84. The van der Waals surface area contributed by atoms with Crippen molar-refractivity contribution in [3.8, 4) is 0 Å². The number of esters is 1. The van der Waals surface area contributed by atoms with Crippen molar-refractivity contribution in [2.45, 2.75) is 12.8 Å². The van der Waals surface area contributed by atoms with Crippen molar-refractivity contribution in [2.75, 3.05) is 0 Å². The van der Waals surface area contributed by atoms with Crippen LogP contribution in [0.15, 0.2) is 42.7 Å². The normalized spacial score (nSPS) is 21.0. The van der Waals surface area contributed by atoms with Crippen LogP contribution in [0.4, 0.5) is 0 Å². The first-order valence-electron chi connectivity index (χ1n) is 4.69. The van der Waals surface area contributed by atoms with Crippen molar-refractivity contribution < 1.29 is 9.53 Å². The number of hydrogen-bond acceptors (Lipinski definition) is 2. The van der Waals surface area contributed by atoms with Gasteiger partial charge in [0.15, 0.2) is 0 Å². The van der Waals surface area contributed by atoms with Crippen LogP contribution in [0.5, 0.6) is 0 Å². The molecule has 1 atom stereocenters. The lowest BCUT2D eigenvalue weighted by molar-refractivity contribution is -0.138. The minimum absolute atomic E-state index is 0.0371. The molecule has 2 rings (SSSR count). The van der Waals surface area contributed by atoms with Gasteiger partial charge in [-0.25, -0.2) is 0 Å². The second kappa shape index (κ2) is 3.66. The summed E-state index contributed by atoms with van der Waals surface area (Å²) in [7, 11) is 0. The molecule has 1 saturated heterocycles. The number of carbonyl (C=O) groups excluding carboxylic acids is 1. The molecular formula is C12H12O2. The van der Waals surface area contributed by atoms with Gasteiger partial charge in [0.2, 0.25) is 0 Å². The molecule has 0 aliphatic carbocycles. The second-order valence-corrected chi connectivity index (χ2v) is 3.55. The quantitative estimate of drug-likeness (QED) is 0.666. The largest absolute Gasteiger partial charge is 0.431 e. The molecule has 1 aromatic carbocycles. The third-order valence-corrected chi connectivity index (χ3v) is 2.38. The van der Waals surface area contributed by atoms with Crippen molar-refractivity contribution in [3.63, 3.8) is 0 Å². The zero-order chi connectivity index (χ0) is 9.97. The summed E-state index contributed by atoms with van der Waals surface area (Å²) < 4.78 is 4.91. The van der Waals surface area contributed by atoms with Gasteiger partial charge in [-0.3, -0.25) is 4.79 Å². The summed E-state index contributed by atoms with van der Waals surface area (Å²) in [5.74, 6) is 0.416. The Labute approximate surface area is 83.2 Å². The predicted molar refractivity (Wildman–Crippen MR) is 53.5 cm³/mol. The monoisotopic (exact) mass is 188 g/mol. The van der Waals surface area contributed by atoms with Gasteiger partial charge in [-0.15, -0.1) is 0 Å². The molecule has 0 radical (unpaired) electrons. The van der Waals surface area contributed by atoms with E-state index < -0.39 is 0 Å². The summed E-state index contributed by atoms with van der Waals surface area (Å²) in [4.78, 5) is 11.3. The fraction of sp³-hybridized carbons (Fsp3) is 0.250. The van der Waals surface area contributed by atoms with E-state index in [1.165, 1.54) is 5.56 Å². The highest BCUT2D eigenvalue weighted by Gasteiger charge is 2.29. The highest BCUT2D eigenvalue weighted by Crippen LogP contribution is 2.25. The first-order valence-corrected chi connectivity index (χ1v) is 4.69. The maximum atomic E-state index is 11.3. The number of benzene rings is 1. The summed E-state index contributed by atoms with van der Waals surface area (Å²) in [6, 6.07) is 9.97. The molecule has 1 aromatic rings. The lowest BCUT2D eigenvalue weighted by Crippen LogP contribution is -2.10. The van der Waals surface area contributed by atoms with Crippen LogP contribution < -0.4 is 0 Å². The lowest BCUT2D eigenvalue weighted by Gasteiger charge is -2.03. The molecule has 72 valence electrons. The highest BCUT2D eigenvalue weighted by molar-refractivity contribution is 5.76. The molecule has 0 N–H and O–H groups in total. The van der Waals surface area contributed by atoms with Gasteiger partial charge in [0.25, 0.3) is 0 Å². The Hall–Kier alpha value is -1.57. The van der Waals surface area contributed by atoms with Crippen LogP contribution in [-0.2, 0) is 16.0 Å². The van der Waals surface area contributed by atoms with E-state index in [0.717, 1.165) is 6.42 Å². The Bertz CT molecular complexity index is 354. The standard InChI is InChI=1S/C12H12O2/c1-9-7-11(12(13)14-9)8-10-5-3-2-4-6-10/h2-6,11H,1,7-8H2. The van der Waals surface area contributed by atoms with E-state index in [2.05, 4.69) is 6.58 Å². The zero-order valence-corrected chi connectivity index (χ0v) is 7.90. The fourth-order valence-electron chi connectivity index (χ4n) is 1.68. The Morgan fingerprint density at radius 1 is 1.36 bits per heavy atom. The van der Waals surface area contributed by atoms with Gasteiger partial charge in [-0.1, -0.05) is 36.9 Å². The van der Waals surface area contributed by atoms with Gasteiger partial charge in [0, 0.05) is 6.42 Å². The lowest BCUT2D eigenvalue weighted by atomic mass is 9.98. The molecule has 0 amide bonds. The van der Waals surface area contributed by atoms with E-state index in [1.54, 1.807) is 0 Å². The summed E-state index contributed by atoms with van der Waals surface area (Å²) in [5, 5.41) is 0. The number of cyclic esters (lactones) is 1. The average Bonchev–Trinajstić information content (AvgIpc) is 2.47. The maximum Gasteiger partial charge on any atom is 0.314 e. The van der Waals surface area contributed by atoms with E-state index in [9.17, 15) is 4.79 Å². The Morgan fingerprint density at radius 3 is 2.64 bits per heavy atom. The summed E-state index contributed by atoms with van der Waals surface area (Å²) in [6.45, 7) is 3.65. The van der Waals surface area contributed by atoms with E-state index in [-0.39, 0.29) is 11.9 Å². The topological polar surface area (TPSA) is 26.3 Å². The predicted octanol–water partition coefficient (Wildman–Crippen LogP) is 2.31. The minimum atomic E-state index is -0.140. The van der Waals surface area contributed by atoms with Crippen molar-refractivity contribution >= 4 is 5.97 Å². The molecule has 0 spiro atoms. The van der Waals surface area contributed by atoms with Gasteiger partial charge >= 0.3 is 5.97 Å². The van der Waals surface area contributed by atoms with Crippen LogP contribution in [-0.4, -0.2) is 5.97 Å². The maximum absolute atomic E-state index is 11.3. The summed E-state index contributed by atoms with van der Waals surface area (Å²) >= 11 is 0. The molecule has 0 aromatic heterocycles. The number of ether oxygens (including phenoxy) is 1. The van der Waals surface area contributed by atoms with Gasteiger partial charge in [0.05, 0.1) is 5.92 Å². The van der Waals surface area contributed by atoms with Crippen molar-refractivity contribution in [2.24, 2.45) is 5.92 Å². The van der Waals surface area contributed by atoms with E-state index in [1.807, 2.05) is 30.3 Å². The molecule has 1 fully saturated rings. The molecule has 14 heavy (non-hydrogen) atoms. The summed E-state index contributed by atoms with van der Waals surface area (Å²) in [5.41, 5.74) is 1.17. The van der Waals surface area contributed by atoms with Gasteiger partial charge < -0.3 is 4.74 Å². The van der Waals surface area contributed by atoms with Gasteiger partial charge in [-0.2, -0.15) is 0 Å². The molecule has 0 saturated carbocycles. The molecule has 1 aliphatic heterocycles. The molecule has 1 heterocycles. The first kappa shape index (κ1) is 9.00. The van der Waals surface area contributed by atoms with E-state index in [4.69, 9.17) is 4.74 Å². The molecular weight excluding hydrogens is 176 g/mol. The second-order valence-electron chi connectivity index (χ2n) is 3.55. The third-order valence-electron chi connectivity index (χ3n) is 2.38. The van der Waals surface area contributed by atoms with Crippen LogP contribution in [0.3, 0.4) is 0 Å². The summed E-state index contributed by atoms with van der Waals surface area (Å²) in [6.07, 6.45) is 1.41. The minimum Gasteiger partial charge on any atom is -0.431 e. The van der Waals surface area contributed by atoms with Crippen LogP contribution >= 0.6 is 0 Å². The molecule has 2 nitrogen and oxygen atoms in total. The van der Waals surface area contributed by atoms with Crippen molar-refractivity contribution in [1.29, 1.82) is 0 Å². The van der Waals surface area contributed by atoms with Crippen molar-refractivity contribution in [1.82, 2.24) is 0 Å². The Morgan fingerprint density at radius 2 is 2.07 bits per heavy atom. The SMILES string of the molecule is C=C1CC(Cc2ccccc2)C(=O)O1. The highest BCUT2D eigenvalue weighted by atomic mass is 16.5. The van der Waals surface area contributed by atoms with Crippen LogP contribution in [0.25, 0.3) is 0 Å².